The van der Waals surface area contributed by atoms with Gasteiger partial charge < -0.3 is 10.8 Å². The topological polar surface area (TPSA) is 46.2 Å². The molecular weight excluding hydrogens is 188 g/mol. The highest BCUT2D eigenvalue weighted by atomic mass is 19.1. The standard InChI is InChI=1S/C10H13F2NO/c1-10(14,6-13)5-7-8(11)3-2-4-9(7)12/h2-4,14H,5-6,13H2,1H3. The Bertz CT molecular complexity index is 306. The average Bonchev–Trinajstić information content (AvgIpc) is 2.12. The first kappa shape index (κ1) is 11.1. The number of aliphatic hydroxyl groups is 1. The normalized spacial score (nSPS) is 15.2. The van der Waals surface area contributed by atoms with Gasteiger partial charge in [0.05, 0.1) is 5.60 Å². The molecule has 0 aliphatic rings. The lowest BCUT2D eigenvalue weighted by molar-refractivity contribution is 0.0677. The summed E-state index contributed by atoms with van der Waals surface area (Å²) in [7, 11) is 0. The van der Waals surface area contributed by atoms with E-state index in [0.29, 0.717) is 0 Å². The third-order valence-electron chi connectivity index (χ3n) is 2.06. The number of nitrogens with two attached hydrogens (primary N) is 1. The van der Waals surface area contributed by atoms with Crippen LogP contribution in [0.15, 0.2) is 18.2 Å². The maximum Gasteiger partial charge on any atom is 0.129 e. The van der Waals surface area contributed by atoms with Crippen LogP contribution in [-0.2, 0) is 6.42 Å². The SMILES string of the molecule is CC(O)(CN)Cc1c(F)cccc1F. The van der Waals surface area contributed by atoms with Crippen molar-refractivity contribution in [2.45, 2.75) is 18.9 Å². The van der Waals surface area contributed by atoms with Crippen LogP contribution >= 0.6 is 0 Å². The Labute approximate surface area is 81.4 Å². The lowest BCUT2D eigenvalue weighted by Crippen LogP contribution is -2.37. The minimum Gasteiger partial charge on any atom is -0.389 e. The van der Waals surface area contributed by atoms with Crippen molar-refractivity contribution in [2.24, 2.45) is 5.73 Å². The molecule has 0 saturated heterocycles. The molecule has 1 rings (SSSR count). The first-order valence-electron chi connectivity index (χ1n) is 4.31. The maximum atomic E-state index is 13.1. The van der Waals surface area contributed by atoms with Crippen molar-refractivity contribution >= 4 is 0 Å². The summed E-state index contributed by atoms with van der Waals surface area (Å²) in [5.41, 5.74) is 3.86. The Morgan fingerprint density at radius 2 is 1.86 bits per heavy atom. The van der Waals surface area contributed by atoms with Gasteiger partial charge in [-0.05, 0) is 19.1 Å². The molecule has 0 amide bonds. The van der Waals surface area contributed by atoms with E-state index in [9.17, 15) is 13.9 Å². The molecular formula is C10H13F2NO. The number of hydrogen-bond donors (Lipinski definition) is 2. The van der Waals surface area contributed by atoms with E-state index in [2.05, 4.69) is 0 Å². The summed E-state index contributed by atoms with van der Waals surface area (Å²) in [6.45, 7) is 1.40. The Morgan fingerprint density at radius 1 is 1.36 bits per heavy atom. The fraction of sp³-hybridized carbons (Fsp3) is 0.400. The van der Waals surface area contributed by atoms with E-state index < -0.39 is 17.2 Å². The van der Waals surface area contributed by atoms with Crippen molar-refractivity contribution in [1.29, 1.82) is 0 Å². The molecule has 0 aliphatic carbocycles. The molecule has 1 unspecified atom stereocenters. The van der Waals surface area contributed by atoms with Gasteiger partial charge in [0.2, 0.25) is 0 Å². The first-order valence-corrected chi connectivity index (χ1v) is 4.31. The highest BCUT2D eigenvalue weighted by molar-refractivity contribution is 5.21. The Morgan fingerprint density at radius 3 is 2.29 bits per heavy atom. The van der Waals surface area contributed by atoms with Gasteiger partial charge in [-0.3, -0.25) is 0 Å². The van der Waals surface area contributed by atoms with Gasteiger partial charge in [-0.25, -0.2) is 8.78 Å². The third-order valence-corrected chi connectivity index (χ3v) is 2.06. The van der Waals surface area contributed by atoms with Crippen LogP contribution in [0.2, 0.25) is 0 Å². The molecule has 0 saturated carbocycles. The van der Waals surface area contributed by atoms with Gasteiger partial charge in [0.25, 0.3) is 0 Å². The van der Waals surface area contributed by atoms with E-state index in [1.54, 1.807) is 0 Å². The number of benzene rings is 1. The van der Waals surface area contributed by atoms with Crippen LogP contribution in [0, 0.1) is 11.6 Å². The van der Waals surface area contributed by atoms with Crippen LogP contribution in [0.3, 0.4) is 0 Å². The van der Waals surface area contributed by atoms with Crippen LogP contribution in [-0.4, -0.2) is 17.3 Å². The smallest absolute Gasteiger partial charge is 0.129 e. The molecule has 0 aliphatic heterocycles. The van der Waals surface area contributed by atoms with E-state index in [0.717, 1.165) is 12.1 Å². The Balaban J connectivity index is 2.97. The second kappa shape index (κ2) is 4.02. The summed E-state index contributed by atoms with van der Waals surface area (Å²) in [5, 5.41) is 9.57. The quantitative estimate of drug-likeness (QED) is 0.772. The van der Waals surface area contributed by atoms with Gasteiger partial charge in [-0.1, -0.05) is 6.07 Å². The van der Waals surface area contributed by atoms with Gasteiger partial charge in [0.15, 0.2) is 0 Å². The van der Waals surface area contributed by atoms with Crippen molar-refractivity contribution in [3.05, 3.63) is 35.4 Å². The Hall–Kier alpha value is -1.00. The van der Waals surface area contributed by atoms with Gasteiger partial charge in [-0.15, -0.1) is 0 Å². The monoisotopic (exact) mass is 201 g/mol. The second-order valence-electron chi connectivity index (χ2n) is 3.58. The average molecular weight is 201 g/mol. The predicted octanol–water partition coefficient (Wildman–Crippen LogP) is 1.22. The van der Waals surface area contributed by atoms with Gasteiger partial charge >= 0.3 is 0 Å². The highest BCUT2D eigenvalue weighted by Crippen LogP contribution is 2.18. The minimum atomic E-state index is -1.27. The minimum absolute atomic E-state index is 0.0409. The van der Waals surface area contributed by atoms with E-state index in [1.807, 2.05) is 0 Å². The lowest BCUT2D eigenvalue weighted by Gasteiger charge is -2.21. The molecule has 0 spiro atoms. The van der Waals surface area contributed by atoms with Crippen molar-refractivity contribution in [2.75, 3.05) is 6.54 Å². The largest absolute Gasteiger partial charge is 0.389 e. The van der Waals surface area contributed by atoms with Gasteiger partial charge in [0, 0.05) is 18.5 Å². The van der Waals surface area contributed by atoms with Crippen molar-refractivity contribution in [1.82, 2.24) is 0 Å². The van der Waals surface area contributed by atoms with Crippen LogP contribution in [0.25, 0.3) is 0 Å². The number of halogens is 2. The molecule has 1 atom stereocenters. The number of hydrogen-bond acceptors (Lipinski definition) is 2. The van der Waals surface area contributed by atoms with E-state index in [4.69, 9.17) is 5.73 Å². The molecule has 14 heavy (non-hydrogen) atoms. The molecule has 0 radical (unpaired) electrons. The molecule has 1 aromatic rings. The molecule has 78 valence electrons. The summed E-state index contributed by atoms with van der Waals surface area (Å²) in [6.07, 6.45) is -0.123. The summed E-state index contributed by atoms with van der Waals surface area (Å²) in [6, 6.07) is 3.60. The summed E-state index contributed by atoms with van der Waals surface area (Å²) in [4.78, 5) is 0. The van der Waals surface area contributed by atoms with Gasteiger partial charge in [-0.2, -0.15) is 0 Å². The summed E-state index contributed by atoms with van der Waals surface area (Å²) < 4.78 is 26.3. The molecule has 1 aromatic carbocycles. The molecule has 3 N–H and O–H groups in total. The predicted molar refractivity (Wildman–Crippen MR) is 49.7 cm³/mol. The van der Waals surface area contributed by atoms with Crippen LogP contribution in [0.4, 0.5) is 8.78 Å². The summed E-state index contributed by atoms with van der Waals surface area (Å²) in [5.74, 6) is -1.31. The van der Waals surface area contributed by atoms with Crippen molar-refractivity contribution in [3.8, 4) is 0 Å². The van der Waals surface area contributed by atoms with Crippen LogP contribution < -0.4 is 5.73 Å². The van der Waals surface area contributed by atoms with Gasteiger partial charge in [0.1, 0.15) is 11.6 Å². The van der Waals surface area contributed by atoms with E-state index in [1.165, 1.54) is 13.0 Å². The molecule has 0 heterocycles. The van der Waals surface area contributed by atoms with Crippen LogP contribution in [0.1, 0.15) is 12.5 Å². The third kappa shape index (κ3) is 2.49. The molecule has 0 fully saturated rings. The lowest BCUT2D eigenvalue weighted by atomic mass is 9.96. The Kier molecular flexibility index (Phi) is 3.18. The fourth-order valence-electron chi connectivity index (χ4n) is 1.15. The zero-order chi connectivity index (χ0) is 10.8. The maximum absolute atomic E-state index is 13.1. The fourth-order valence-corrected chi connectivity index (χ4v) is 1.15. The van der Waals surface area contributed by atoms with E-state index >= 15 is 0 Å². The second-order valence-corrected chi connectivity index (χ2v) is 3.58. The first-order chi connectivity index (χ1) is 6.46. The molecule has 4 heteroatoms. The molecule has 2 nitrogen and oxygen atoms in total. The molecule has 0 aromatic heterocycles. The zero-order valence-corrected chi connectivity index (χ0v) is 7.93. The molecule has 0 bridgehead atoms. The number of rotatable bonds is 3. The van der Waals surface area contributed by atoms with E-state index in [-0.39, 0.29) is 18.5 Å². The van der Waals surface area contributed by atoms with Crippen LogP contribution in [0.5, 0.6) is 0 Å². The highest BCUT2D eigenvalue weighted by Gasteiger charge is 2.22. The zero-order valence-electron chi connectivity index (χ0n) is 7.93. The summed E-state index contributed by atoms with van der Waals surface area (Å²) >= 11 is 0. The van der Waals surface area contributed by atoms with Crippen molar-refractivity contribution in [3.63, 3.8) is 0 Å². The van der Waals surface area contributed by atoms with Crippen molar-refractivity contribution < 1.29 is 13.9 Å².